The number of carbonyl (C=O) groups is 2. The lowest BCUT2D eigenvalue weighted by molar-refractivity contribution is -0.135. The number of benzene rings is 1. The van der Waals surface area contributed by atoms with Gasteiger partial charge >= 0.3 is 0 Å². The van der Waals surface area contributed by atoms with Crippen LogP contribution in [0.15, 0.2) is 18.3 Å². The van der Waals surface area contributed by atoms with E-state index < -0.39 is 0 Å². The van der Waals surface area contributed by atoms with E-state index in [1.165, 1.54) is 0 Å². The first-order valence-corrected chi connectivity index (χ1v) is 12.5. The van der Waals surface area contributed by atoms with E-state index in [0.717, 1.165) is 11.1 Å². The van der Waals surface area contributed by atoms with Gasteiger partial charge in [-0.1, -0.05) is 13.8 Å². The van der Waals surface area contributed by atoms with Gasteiger partial charge in [-0.2, -0.15) is 5.26 Å². The van der Waals surface area contributed by atoms with Crippen molar-refractivity contribution in [1.29, 1.82) is 5.26 Å². The largest absolute Gasteiger partial charge is 0.493 e. The van der Waals surface area contributed by atoms with E-state index in [1.807, 2.05) is 37.8 Å². The first-order valence-electron chi connectivity index (χ1n) is 12.5. The van der Waals surface area contributed by atoms with Crippen molar-refractivity contribution < 1.29 is 19.1 Å². The van der Waals surface area contributed by atoms with Gasteiger partial charge in [0, 0.05) is 62.8 Å². The third-order valence-corrected chi connectivity index (χ3v) is 7.40. The molecule has 192 valence electrons. The summed E-state index contributed by atoms with van der Waals surface area (Å²) in [5.41, 5.74) is 1.68. The number of methoxy groups -OCH3 is 2. The van der Waals surface area contributed by atoms with Crippen molar-refractivity contribution in [2.45, 2.75) is 33.6 Å². The van der Waals surface area contributed by atoms with E-state index in [0.29, 0.717) is 74.7 Å². The van der Waals surface area contributed by atoms with Gasteiger partial charge in [0.05, 0.1) is 42.5 Å². The lowest BCUT2D eigenvalue weighted by atomic mass is 9.81. The van der Waals surface area contributed by atoms with Gasteiger partial charge in [0.25, 0.3) is 5.91 Å². The highest BCUT2D eigenvalue weighted by atomic mass is 16.5. The number of nitriles is 1. The second-order valence-corrected chi connectivity index (χ2v) is 10.2. The molecule has 2 aromatic rings. The predicted molar refractivity (Wildman–Crippen MR) is 137 cm³/mol. The molecular weight excluding hydrogens is 458 g/mol. The average molecular weight is 494 g/mol. The Morgan fingerprint density at radius 3 is 2.14 bits per heavy atom. The third kappa shape index (κ3) is 4.77. The second-order valence-electron chi connectivity index (χ2n) is 10.2. The fourth-order valence-corrected chi connectivity index (χ4v) is 5.00. The SMILES string of the molecule is COc1cc2ncc(C(=O)N3CCN(C(=O)C(C)C)CC3)c(N3CCC(C)(C#N)CC3)c2cc1OC. The number of rotatable bonds is 5. The number of carbonyl (C=O) groups excluding carboxylic acids is 2. The van der Waals surface area contributed by atoms with Crippen LogP contribution < -0.4 is 14.4 Å². The Morgan fingerprint density at radius 1 is 1.00 bits per heavy atom. The number of hydrogen-bond donors (Lipinski definition) is 0. The molecule has 2 saturated heterocycles. The molecule has 2 amide bonds. The normalized spacial score (nSPS) is 17.8. The summed E-state index contributed by atoms with van der Waals surface area (Å²) in [6, 6.07) is 6.15. The maximum absolute atomic E-state index is 13.8. The van der Waals surface area contributed by atoms with Crippen LogP contribution in [0.4, 0.5) is 5.69 Å². The molecule has 9 nitrogen and oxygen atoms in total. The summed E-state index contributed by atoms with van der Waals surface area (Å²) in [6.45, 7) is 9.11. The standard InChI is InChI=1S/C27H35N5O4/c1-18(2)25(33)31-10-12-32(13-11-31)26(34)20-16-29-21-15-23(36-5)22(35-4)14-19(21)24(20)30-8-6-27(3,17-28)7-9-30/h14-16,18H,6-13H2,1-5H3. The number of nitrogens with zero attached hydrogens (tertiary/aromatic N) is 5. The predicted octanol–water partition coefficient (Wildman–Crippen LogP) is 3.32. The monoisotopic (exact) mass is 493 g/mol. The van der Waals surface area contributed by atoms with Crippen LogP contribution in [0.2, 0.25) is 0 Å². The Hall–Kier alpha value is -3.54. The molecule has 36 heavy (non-hydrogen) atoms. The van der Waals surface area contributed by atoms with Crippen LogP contribution in [0.25, 0.3) is 10.9 Å². The highest BCUT2D eigenvalue weighted by Crippen LogP contribution is 2.40. The van der Waals surface area contributed by atoms with Crippen LogP contribution in [0.5, 0.6) is 11.5 Å². The lowest BCUT2D eigenvalue weighted by Gasteiger charge is -2.39. The molecule has 0 spiro atoms. The van der Waals surface area contributed by atoms with E-state index in [9.17, 15) is 14.9 Å². The fraction of sp³-hybridized carbons (Fsp3) is 0.556. The number of fused-ring (bicyclic) bond motifs is 1. The third-order valence-electron chi connectivity index (χ3n) is 7.40. The molecule has 0 saturated carbocycles. The molecule has 2 fully saturated rings. The van der Waals surface area contributed by atoms with Crippen LogP contribution >= 0.6 is 0 Å². The van der Waals surface area contributed by atoms with Crippen molar-refractivity contribution >= 4 is 28.4 Å². The number of ether oxygens (including phenoxy) is 2. The maximum atomic E-state index is 13.8. The minimum Gasteiger partial charge on any atom is -0.493 e. The topological polar surface area (TPSA) is 99.0 Å². The van der Waals surface area contributed by atoms with Gasteiger partial charge in [-0.05, 0) is 25.8 Å². The van der Waals surface area contributed by atoms with Crippen molar-refractivity contribution in [1.82, 2.24) is 14.8 Å². The van der Waals surface area contributed by atoms with Crippen molar-refractivity contribution in [3.05, 3.63) is 23.9 Å². The molecule has 0 unspecified atom stereocenters. The second kappa shape index (κ2) is 10.2. The summed E-state index contributed by atoms with van der Waals surface area (Å²) in [5.74, 6) is 1.10. The number of piperazine rings is 1. The first kappa shape index (κ1) is 25.5. The van der Waals surface area contributed by atoms with Crippen molar-refractivity contribution in [3.8, 4) is 17.6 Å². The van der Waals surface area contributed by atoms with Gasteiger partial charge in [-0.25, -0.2) is 0 Å². The Balaban J connectivity index is 1.72. The summed E-state index contributed by atoms with van der Waals surface area (Å²) >= 11 is 0. The number of hydrogen-bond acceptors (Lipinski definition) is 7. The molecule has 2 aliphatic rings. The summed E-state index contributed by atoms with van der Waals surface area (Å²) in [4.78, 5) is 36.7. The van der Waals surface area contributed by atoms with E-state index in [-0.39, 0.29) is 23.1 Å². The number of pyridine rings is 1. The molecule has 0 radical (unpaired) electrons. The van der Waals surface area contributed by atoms with Gasteiger partial charge in [-0.15, -0.1) is 0 Å². The summed E-state index contributed by atoms with van der Waals surface area (Å²) in [5, 5.41) is 10.4. The number of anilines is 1. The van der Waals surface area contributed by atoms with Gasteiger partial charge in [-0.3, -0.25) is 14.6 Å². The lowest BCUT2D eigenvalue weighted by Crippen LogP contribution is -2.51. The minimum atomic E-state index is -0.371. The van der Waals surface area contributed by atoms with Crippen LogP contribution in [0, 0.1) is 22.7 Å². The highest BCUT2D eigenvalue weighted by molar-refractivity contribution is 6.08. The molecule has 1 aromatic carbocycles. The van der Waals surface area contributed by atoms with Crippen molar-refractivity contribution in [2.75, 3.05) is 58.4 Å². The average Bonchev–Trinajstić information content (AvgIpc) is 2.91. The summed E-state index contributed by atoms with van der Waals surface area (Å²) in [6.07, 6.45) is 3.07. The highest BCUT2D eigenvalue weighted by Gasteiger charge is 2.34. The van der Waals surface area contributed by atoms with Crippen LogP contribution in [0.1, 0.15) is 44.0 Å². The molecule has 0 bridgehead atoms. The van der Waals surface area contributed by atoms with Crippen LogP contribution in [-0.4, -0.2) is 80.1 Å². The molecule has 0 atom stereocenters. The Bertz CT molecular complexity index is 1190. The zero-order valence-corrected chi connectivity index (χ0v) is 21.8. The molecule has 1 aromatic heterocycles. The summed E-state index contributed by atoms with van der Waals surface area (Å²) in [7, 11) is 3.17. The molecule has 0 aliphatic carbocycles. The number of aromatic nitrogens is 1. The quantitative estimate of drug-likeness (QED) is 0.630. The Kier molecular flexibility index (Phi) is 7.25. The Labute approximate surface area is 212 Å². The van der Waals surface area contributed by atoms with Gasteiger partial charge < -0.3 is 24.2 Å². The van der Waals surface area contributed by atoms with E-state index in [2.05, 4.69) is 16.0 Å². The fourth-order valence-electron chi connectivity index (χ4n) is 5.00. The van der Waals surface area contributed by atoms with Crippen molar-refractivity contribution in [3.63, 3.8) is 0 Å². The minimum absolute atomic E-state index is 0.0614. The zero-order chi connectivity index (χ0) is 26.0. The molecule has 2 aliphatic heterocycles. The smallest absolute Gasteiger partial charge is 0.257 e. The molecule has 4 rings (SSSR count). The van der Waals surface area contributed by atoms with Crippen LogP contribution in [-0.2, 0) is 4.79 Å². The first-order chi connectivity index (χ1) is 17.2. The number of piperidine rings is 1. The molecular formula is C27H35N5O4. The molecule has 9 heteroatoms. The molecule has 0 N–H and O–H groups in total. The van der Waals surface area contributed by atoms with Crippen LogP contribution in [0.3, 0.4) is 0 Å². The molecule has 3 heterocycles. The van der Waals surface area contributed by atoms with Crippen molar-refractivity contribution in [2.24, 2.45) is 11.3 Å². The van der Waals surface area contributed by atoms with Gasteiger partial charge in [0.15, 0.2) is 11.5 Å². The summed E-state index contributed by atoms with van der Waals surface area (Å²) < 4.78 is 11.0. The Morgan fingerprint density at radius 2 is 1.58 bits per heavy atom. The van der Waals surface area contributed by atoms with Gasteiger partial charge in [0.2, 0.25) is 5.91 Å². The zero-order valence-electron chi connectivity index (χ0n) is 21.8. The van der Waals surface area contributed by atoms with E-state index in [4.69, 9.17) is 9.47 Å². The van der Waals surface area contributed by atoms with E-state index in [1.54, 1.807) is 25.3 Å². The number of amides is 2. The van der Waals surface area contributed by atoms with E-state index >= 15 is 0 Å². The van der Waals surface area contributed by atoms with Gasteiger partial charge in [0.1, 0.15) is 0 Å². The maximum Gasteiger partial charge on any atom is 0.257 e.